The molecule has 3 aromatic rings. The fraction of sp³-hybridized carbons (Fsp3) is 0.292. The number of carbonyl (C=O) groups is 1. The van der Waals surface area contributed by atoms with Crippen LogP contribution in [0.3, 0.4) is 0 Å². The monoisotopic (exact) mass is 452 g/mol. The topological polar surface area (TPSA) is 67.7 Å². The first-order valence-electron chi connectivity index (χ1n) is 10.5. The van der Waals surface area contributed by atoms with Crippen LogP contribution < -0.4 is 15.2 Å². The van der Waals surface area contributed by atoms with Crippen LogP contribution in [-0.2, 0) is 4.79 Å². The molecule has 4 rings (SSSR count). The van der Waals surface area contributed by atoms with Crippen molar-refractivity contribution >= 4 is 23.2 Å². The number of nitrogens with zero attached hydrogens (tertiary/aromatic N) is 4. The summed E-state index contributed by atoms with van der Waals surface area (Å²) in [7, 11) is 0. The minimum absolute atomic E-state index is 0.00205. The SMILES string of the molecule is Cc1ccc(OCC(=O)N2CCN(c3cnn(-c4ccccc4)c(=O)c3Cl)CC2)cc1C. The molecule has 0 atom stereocenters. The zero-order valence-corrected chi connectivity index (χ0v) is 18.9. The van der Waals surface area contributed by atoms with Crippen LogP contribution in [0.15, 0.2) is 59.5 Å². The molecule has 7 nitrogen and oxygen atoms in total. The second-order valence-electron chi connectivity index (χ2n) is 7.80. The number of anilines is 1. The van der Waals surface area contributed by atoms with Gasteiger partial charge in [-0.3, -0.25) is 9.59 Å². The number of para-hydroxylation sites is 1. The number of piperazine rings is 1. The van der Waals surface area contributed by atoms with Crippen molar-refractivity contribution in [1.82, 2.24) is 14.7 Å². The maximum Gasteiger partial charge on any atom is 0.292 e. The average molecular weight is 453 g/mol. The summed E-state index contributed by atoms with van der Waals surface area (Å²) in [5.74, 6) is 0.628. The van der Waals surface area contributed by atoms with Crippen molar-refractivity contribution in [2.75, 3.05) is 37.7 Å². The Kier molecular flexibility index (Phi) is 6.46. The first-order valence-corrected chi connectivity index (χ1v) is 10.9. The van der Waals surface area contributed by atoms with E-state index in [0.29, 0.717) is 43.3 Å². The van der Waals surface area contributed by atoms with Crippen molar-refractivity contribution < 1.29 is 9.53 Å². The Morgan fingerprint density at radius 2 is 1.75 bits per heavy atom. The molecule has 1 aromatic heterocycles. The van der Waals surface area contributed by atoms with Gasteiger partial charge in [-0.1, -0.05) is 35.9 Å². The van der Waals surface area contributed by atoms with E-state index in [-0.39, 0.29) is 23.1 Å². The van der Waals surface area contributed by atoms with Gasteiger partial charge in [0, 0.05) is 26.2 Å². The molecule has 1 aliphatic rings. The van der Waals surface area contributed by atoms with E-state index in [4.69, 9.17) is 16.3 Å². The summed E-state index contributed by atoms with van der Waals surface area (Å²) in [4.78, 5) is 29.1. The van der Waals surface area contributed by atoms with E-state index in [0.717, 1.165) is 5.56 Å². The number of carbonyl (C=O) groups excluding carboxylic acids is 1. The number of amides is 1. The highest BCUT2D eigenvalue weighted by Gasteiger charge is 2.24. The van der Waals surface area contributed by atoms with E-state index in [2.05, 4.69) is 5.10 Å². The molecule has 8 heteroatoms. The molecule has 0 N–H and O–H groups in total. The van der Waals surface area contributed by atoms with Gasteiger partial charge in [0.2, 0.25) is 0 Å². The van der Waals surface area contributed by atoms with Crippen LogP contribution in [0.25, 0.3) is 5.69 Å². The molecule has 0 unspecified atom stereocenters. The molecule has 0 radical (unpaired) electrons. The van der Waals surface area contributed by atoms with E-state index in [1.54, 1.807) is 23.2 Å². The van der Waals surface area contributed by atoms with Gasteiger partial charge in [-0.2, -0.15) is 9.78 Å². The zero-order valence-electron chi connectivity index (χ0n) is 18.1. The predicted octanol–water partition coefficient (Wildman–Crippen LogP) is 3.23. The van der Waals surface area contributed by atoms with Crippen LogP contribution in [0.2, 0.25) is 5.02 Å². The molecule has 2 heterocycles. The van der Waals surface area contributed by atoms with Gasteiger partial charge in [0.1, 0.15) is 10.8 Å². The van der Waals surface area contributed by atoms with Gasteiger partial charge in [-0.05, 0) is 49.2 Å². The van der Waals surface area contributed by atoms with Gasteiger partial charge in [-0.15, -0.1) is 0 Å². The third-order valence-electron chi connectivity index (χ3n) is 5.72. The molecule has 0 bridgehead atoms. The molecule has 1 aliphatic heterocycles. The summed E-state index contributed by atoms with van der Waals surface area (Å²) in [6.07, 6.45) is 1.61. The third kappa shape index (κ3) is 4.62. The lowest BCUT2D eigenvalue weighted by Crippen LogP contribution is -2.50. The van der Waals surface area contributed by atoms with E-state index < -0.39 is 0 Å². The maximum absolute atomic E-state index is 12.7. The number of halogens is 1. The number of benzene rings is 2. The smallest absolute Gasteiger partial charge is 0.292 e. The van der Waals surface area contributed by atoms with Crippen LogP contribution in [-0.4, -0.2) is 53.4 Å². The lowest BCUT2D eigenvalue weighted by molar-refractivity contribution is -0.133. The Hall–Kier alpha value is -3.32. The Bertz CT molecular complexity index is 1170. The molecule has 1 amide bonds. The van der Waals surface area contributed by atoms with Crippen LogP contribution >= 0.6 is 11.6 Å². The number of hydrogen-bond donors (Lipinski definition) is 0. The second kappa shape index (κ2) is 9.44. The van der Waals surface area contributed by atoms with Gasteiger partial charge < -0.3 is 14.5 Å². The number of aryl methyl sites for hydroxylation is 2. The molecule has 2 aromatic carbocycles. The molecule has 1 saturated heterocycles. The Morgan fingerprint density at radius 3 is 2.44 bits per heavy atom. The largest absolute Gasteiger partial charge is 0.484 e. The standard InChI is InChI=1S/C24H25ClN4O3/c1-17-8-9-20(14-18(17)2)32-16-22(30)28-12-10-27(11-13-28)21-15-26-29(24(31)23(21)25)19-6-4-3-5-7-19/h3-9,14-15H,10-13,16H2,1-2H3. The third-order valence-corrected chi connectivity index (χ3v) is 6.07. The highest BCUT2D eigenvalue weighted by molar-refractivity contribution is 6.33. The maximum atomic E-state index is 12.7. The van der Waals surface area contributed by atoms with Crippen molar-refractivity contribution in [3.8, 4) is 11.4 Å². The molecule has 32 heavy (non-hydrogen) atoms. The lowest BCUT2D eigenvalue weighted by atomic mass is 10.1. The van der Waals surface area contributed by atoms with Gasteiger partial charge in [0.05, 0.1) is 17.6 Å². The van der Waals surface area contributed by atoms with Crippen LogP contribution in [0.5, 0.6) is 5.75 Å². The first-order chi connectivity index (χ1) is 15.4. The van der Waals surface area contributed by atoms with E-state index in [1.807, 2.05) is 55.1 Å². The van der Waals surface area contributed by atoms with E-state index >= 15 is 0 Å². The summed E-state index contributed by atoms with van der Waals surface area (Å²) in [6, 6.07) is 14.9. The second-order valence-corrected chi connectivity index (χ2v) is 8.18. The number of hydrogen-bond acceptors (Lipinski definition) is 5. The predicted molar refractivity (Wildman–Crippen MR) is 125 cm³/mol. The van der Waals surface area contributed by atoms with Crippen LogP contribution in [0.1, 0.15) is 11.1 Å². The van der Waals surface area contributed by atoms with Gasteiger partial charge >= 0.3 is 0 Å². The van der Waals surface area contributed by atoms with Crippen LogP contribution in [0, 0.1) is 13.8 Å². The molecule has 0 spiro atoms. The van der Waals surface area contributed by atoms with Crippen molar-refractivity contribution in [1.29, 1.82) is 0 Å². The van der Waals surface area contributed by atoms with E-state index in [1.165, 1.54) is 10.2 Å². The summed E-state index contributed by atoms with van der Waals surface area (Å²) in [5, 5.41) is 4.42. The molecular weight excluding hydrogens is 428 g/mol. The van der Waals surface area contributed by atoms with Crippen molar-refractivity contribution in [3.63, 3.8) is 0 Å². The number of aromatic nitrogens is 2. The average Bonchev–Trinajstić information content (AvgIpc) is 2.82. The Morgan fingerprint density at radius 1 is 1.03 bits per heavy atom. The number of rotatable bonds is 5. The van der Waals surface area contributed by atoms with Crippen molar-refractivity contribution in [3.05, 3.63) is 81.2 Å². The molecule has 0 aliphatic carbocycles. The van der Waals surface area contributed by atoms with Gasteiger partial charge in [0.25, 0.3) is 11.5 Å². The zero-order chi connectivity index (χ0) is 22.7. The Balaban J connectivity index is 1.37. The molecule has 0 saturated carbocycles. The highest BCUT2D eigenvalue weighted by atomic mass is 35.5. The molecular formula is C24H25ClN4O3. The first kappa shape index (κ1) is 21.9. The fourth-order valence-electron chi connectivity index (χ4n) is 3.63. The summed E-state index contributed by atoms with van der Waals surface area (Å²) < 4.78 is 6.97. The fourth-order valence-corrected chi connectivity index (χ4v) is 3.88. The molecule has 166 valence electrons. The minimum atomic E-state index is -0.365. The van der Waals surface area contributed by atoms with Crippen LogP contribution in [0.4, 0.5) is 5.69 Å². The van der Waals surface area contributed by atoms with Gasteiger partial charge in [0.15, 0.2) is 6.61 Å². The van der Waals surface area contributed by atoms with Crippen molar-refractivity contribution in [2.24, 2.45) is 0 Å². The van der Waals surface area contributed by atoms with Crippen molar-refractivity contribution in [2.45, 2.75) is 13.8 Å². The summed E-state index contributed by atoms with van der Waals surface area (Å²) in [5.41, 5.74) is 3.19. The summed E-state index contributed by atoms with van der Waals surface area (Å²) in [6.45, 7) is 6.21. The highest BCUT2D eigenvalue weighted by Crippen LogP contribution is 2.23. The lowest BCUT2D eigenvalue weighted by Gasteiger charge is -2.36. The molecule has 1 fully saturated rings. The van der Waals surface area contributed by atoms with Gasteiger partial charge in [-0.25, -0.2) is 0 Å². The Labute approximate surface area is 191 Å². The normalized spacial score (nSPS) is 13.8. The number of ether oxygens (including phenoxy) is 1. The van der Waals surface area contributed by atoms with E-state index in [9.17, 15) is 9.59 Å². The minimum Gasteiger partial charge on any atom is -0.484 e. The quantitative estimate of drug-likeness (QED) is 0.594. The summed E-state index contributed by atoms with van der Waals surface area (Å²) >= 11 is 6.41.